The van der Waals surface area contributed by atoms with Gasteiger partial charge < -0.3 is 5.32 Å². The van der Waals surface area contributed by atoms with Crippen molar-refractivity contribution in [2.75, 3.05) is 18.8 Å². The Morgan fingerprint density at radius 2 is 2.13 bits per heavy atom. The molecule has 2 heteroatoms. The van der Waals surface area contributed by atoms with Gasteiger partial charge in [0, 0.05) is 17.5 Å². The molecule has 0 spiro atoms. The van der Waals surface area contributed by atoms with Crippen molar-refractivity contribution in [3.05, 3.63) is 0 Å². The third kappa shape index (κ3) is 6.47. The van der Waals surface area contributed by atoms with Crippen molar-refractivity contribution in [1.82, 2.24) is 5.32 Å². The van der Waals surface area contributed by atoms with Crippen LogP contribution < -0.4 is 5.32 Å². The Labute approximate surface area is 99.8 Å². The van der Waals surface area contributed by atoms with E-state index in [1.54, 1.807) is 0 Å². The quantitative estimate of drug-likeness (QED) is 0.668. The number of hydrogen-bond donors (Lipinski definition) is 1. The fraction of sp³-hybridized carbons (Fsp3) is 1.00. The number of nitrogens with one attached hydrogen (secondary N) is 1. The molecule has 90 valence electrons. The summed E-state index contributed by atoms with van der Waals surface area (Å²) in [6.07, 6.45) is 8.48. The molecule has 0 radical (unpaired) electrons. The Kier molecular flexibility index (Phi) is 7.54. The number of hydrogen-bond acceptors (Lipinski definition) is 2. The third-order valence-corrected chi connectivity index (χ3v) is 4.57. The topological polar surface area (TPSA) is 12.0 Å². The van der Waals surface area contributed by atoms with Gasteiger partial charge in [0.2, 0.25) is 0 Å². The maximum atomic E-state index is 3.52. The minimum absolute atomic E-state index is 0.960. The lowest BCUT2D eigenvalue weighted by molar-refractivity contribution is 0.394. The van der Waals surface area contributed by atoms with E-state index in [0.717, 1.165) is 11.2 Å². The molecule has 0 aliphatic heterocycles. The van der Waals surface area contributed by atoms with Crippen molar-refractivity contribution in [3.63, 3.8) is 0 Å². The van der Waals surface area contributed by atoms with Gasteiger partial charge in [-0.1, -0.05) is 33.1 Å². The highest BCUT2D eigenvalue weighted by Crippen LogP contribution is 2.31. The van der Waals surface area contributed by atoms with Crippen LogP contribution in [0, 0.1) is 5.92 Å². The summed E-state index contributed by atoms with van der Waals surface area (Å²) in [6, 6.07) is 0. The third-order valence-electron chi connectivity index (χ3n) is 3.23. The zero-order valence-corrected chi connectivity index (χ0v) is 11.2. The smallest absolute Gasteiger partial charge is 0.00608 e. The van der Waals surface area contributed by atoms with E-state index >= 15 is 0 Å². The molecule has 0 saturated heterocycles. The lowest BCUT2D eigenvalue weighted by Gasteiger charge is -2.26. The van der Waals surface area contributed by atoms with Crippen LogP contribution in [0.2, 0.25) is 0 Å². The molecule has 1 aliphatic rings. The van der Waals surface area contributed by atoms with Gasteiger partial charge in [-0.2, -0.15) is 11.8 Å². The molecule has 1 fully saturated rings. The van der Waals surface area contributed by atoms with Crippen LogP contribution in [0.4, 0.5) is 0 Å². The van der Waals surface area contributed by atoms with Crippen LogP contribution in [0.1, 0.15) is 52.4 Å². The van der Waals surface area contributed by atoms with Crippen molar-refractivity contribution >= 4 is 11.8 Å². The summed E-state index contributed by atoms with van der Waals surface area (Å²) < 4.78 is 0. The van der Waals surface area contributed by atoms with Crippen LogP contribution in [0.5, 0.6) is 0 Å². The molecule has 0 amide bonds. The summed E-state index contributed by atoms with van der Waals surface area (Å²) in [4.78, 5) is 0. The summed E-state index contributed by atoms with van der Waals surface area (Å²) in [5.41, 5.74) is 0. The number of unbranched alkanes of at least 4 members (excludes halogenated alkanes) is 1. The van der Waals surface area contributed by atoms with Crippen LogP contribution >= 0.6 is 11.8 Å². The van der Waals surface area contributed by atoms with E-state index < -0.39 is 0 Å². The van der Waals surface area contributed by atoms with Gasteiger partial charge >= 0.3 is 0 Å². The lowest BCUT2D eigenvalue weighted by Crippen LogP contribution is -2.21. The maximum Gasteiger partial charge on any atom is 0.00608 e. The molecule has 2 unspecified atom stereocenters. The molecule has 0 aromatic heterocycles. The van der Waals surface area contributed by atoms with E-state index in [-0.39, 0.29) is 0 Å². The van der Waals surface area contributed by atoms with Crippen LogP contribution in [0.25, 0.3) is 0 Å². The first-order valence-corrected chi connectivity index (χ1v) is 7.70. The highest BCUT2D eigenvalue weighted by atomic mass is 32.2. The molecule has 15 heavy (non-hydrogen) atoms. The molecule has 1 N–H and O–H groups in total. The normalized spacial score (nSPS) is 26.8. The first-order chi connectivity index (χ1) is 7.33. The minimum Gasteiger partial charge on any atom is -0.316 e. The van der Waals surface area contributed by atoms with Gasteiger partial charge in [-0.25, -0.2) is 0 Å². The van der Waals surface area contributed by atoms with E-state index in [1.165, 1.54) is 57.4 Å². The molecule has 1 aliphatic carbocycles. The Bertz CT molecular complexity index is 149. The van der Waals surface area contributed by atoms with E-state index in [4.69, 9.17) is 0 Å². The van der Waals surface area contributed by atoms with E-state index in [1.807, 2.05) is 0 Å². The van der Waals surface area contributed by atoms with Crippen molar-refractivity contribution in [2.24, 2.45) is 5.92 Å². The monoisotopic (exact) mass is 229 g/mol. The van der Waals surface area contributed by atoms with Gasteiger partial charge in [0.25, 0.3) is 0 Å². The van der Waals surface area contributed by atoms with E-state index in [2.05, 4.69) is 30.9 Å². The van der Waals surface area contributed by atoms with Crippen molar-refractivity contribution in [2.45, 2.75) is 57.6 Å². The summed E-state index contributed by atoms with van der Waals surface area (Å²) >= 11 is 2.20. The molecule has 0 aromatic carbocycles. The van der Waals surface area contributed by atoms with Crippen LogP contribution in [-0.4, -0.2) is 24.1 Å². The predicted molar refractivity (Wildman–Crippen MR) is 71.7 cm³/mol. The molecule has 0 bridgehead atoms. The maximum absolute atomic E-state index is 3.52. The largest absolute Gasteiger partial charge is 0.316 e. The summed E-state index contributed by atoms with van der Waals surface area (Å²) in [6.45, 7) is 7.07. The SMILES string of the molecule is CCCCNCCSC1CCCC(C)C1. The Morgan fingerprint density at radius 3 is 2.87 bits per heavy atom. The zero-order chi connectivity index (χ0) is 10.9. The second kappa shape index (κ2) is 8.46. The molecule has 0 aromatic rings. The molecule has 1 rings (SSSR count). The van der Waals surface area contributed by atoms with Gasteiger partial charge in [-0.05, 0) is 31.7 Å². The average Bonchev–Trinajstić information content (AvgIpc) is 2.23. The summed E-state index contributed by atoms with van der Waals surface area (Å²) in [5, 5.41) is 4.48. The molecule has 0 heterocycles. The average molecular weight is 229 g/mol. The fourth-order valence-corrected chi connectivity index (χ4v) is 3.65. The van der Waals surface area contributed by atoms with Crippen LogP contribution in [0.3, 0.4) is 0 Å². The van der Waals surface area contributed by atoms with Crippen molar-refractivity contribution < 1.29 is 0 Å². The second-order valence-corrected chi connectivity index (χ2v) is 6.28. The highest BCUT2D eigenvalue weighted by Gasteiger charge is 2.18. The van der Waals surface area contributed by atoms with E-state index in [0.29, 0.717) is 0 Å². The second-order valence-electron chi connectivity index (χ2n) is 4.87. The summed E-state index contributed by atoms with van der Waals surface area (Å²) in [5.74, 6) is 2.28. The Morgan fingerprint density at radius 1 is 1.27 bits per heavy atom. The van der Waals surface area contributed by atoms with Crippen LogP contribution in [0.15, 0.2) is 0 Å². The minimum atomic E-state index is 0.960. The number of thioether (sulfide) groups is 1. The Hall–Kier alpha value is 0.310. The predicted octanol–water partition coefficient (Wildman–Crippen LogP) is 3.69. The van der Waals surface area contributed by atoms with Gasteiger partial charge in [0.15, 0.2) is 0 Å². The first-order valence-electron chi connectivity index (χ1n) is 6.65. The molecule has 2 atom stereocenters. The molecular weight excluding hydrogens is 202 g/mol. The zero-order valence-electron chi connectivity index (χ0n) is 10.4. The van der Waals surface area contributed by atoms with Crippen molar-refractivity contribution in [3.8, 4) is 0 Å². The fourth-order valence-electron chi connectivity index (χ4n) is 2.25. The van der Waals surface area contributed by atoms with Gasteiger partial charge in [0.05, 0.1) is 0 Å². The molecule has 1 saturated carbocycles. The van der Waals surface area contributed by atoms with E-state index in [9.17, 15) is 0 Å². The molecule has 1 nitrogen and oxygen atoms in total. The standard InChI is InChI=1S/C13H27NS/c1-3-4-8-14-9-10-15-13-7-5-6-12(2)11-13/h12-14H,3-11H2,1-2H3. The highest BCUT2D eigenvalue weighted by molar-refractivity contribution is 7.99. The number of rotatable bonds is 7. The first kappa shape index (κ1) is 13.4. The van der Waals surface area contributed by atoms with Gasteiger partial charge in [0.1, 0.15) is 0 Å². The lowest BCUT2D eigenvalue weighted by atomic mass is 9.91. The van der Waals surface area contributed by atoms with Crippen molar-refractivity contribution in [1.29, 1.82) is 0 Å². The van der Waals surface area contributed by atoms with Crippen LogP contribution in [-0.2, 0) is 0 Å². The Balaban J connectivity index is 1.90. The van der Waals surface area contributed by atoms with Gasteiger partial charge in [-0.3, -0.25) is 0 Å². The summed E-state index contributed by atoms with van der Waals surface area (Å²) in [7, 11) is 0. The molecular formula is C13H27NS. The van der Waals surface area contributed by atoms with Gasteiger partial charge in [-0.15, -0.1) is 0 Å².